The van der Waals surface area contributed by atoms with Crippen molar-refractivity contribution in [2.45, 2.75) is 45.8 Å². The second-order valence-corrected chi connectivity index (χ2v) is 5.88. The summed E-state index contributed by atoms with van der Waals surface area (Å²) in [5.74, 6) is 0.729. The number of carbonyl (C=O) groups excluding carboxylic acids is 1. The lowest BCUT2D eigenvalue weighted by Gasteiger charge is -2.36. The molecule has 0 unspecified atom stereocenters. The third kappa shape index (κ3) is 3.48. The molecular formula is C15H24N4O. The molecule has 1 aliphatic rings. The third-order valence-electron chi connectivity index (χ3n) is 3.31. The Morgan fingerprint density at radius 1 is 1.40 bits per heavy atom. The summed E-state index contributed by atoms with van der Waals surface area (Å²) in [5.41, 5.74) is 0.655. The highest BCUT2D eigenvalue weighted by Gasteiger charge is 2.27. The van der Waals surface area contributed by atoms with Gasteiger partial charge in [0.1, 0.15) is 5.82 Å². The number of amides is 1. The molecule has 0 bridgehead atoms. The number of pyridine rings is 1. The molecule has 0 aromatic carbocycles. The summed E-state index contributed by atoms with van der Waals surface area (Å²) in [5, 5.41) is 6.68. The van der Waals surface area contributed by atoms with E-state index in [0.29, 0.717) is 23.5 Å². The van der Waals surface area contributed by atoms with Crippen LogP contribution in [0.4, 0.5) is 5.82 Å². The largest absolute Gasteiger partial charge is 0.367 e. The number of nitrogens with zero attached hydrogens (tertiary/aromatic N) is 2. The molecule has 0 aliphatic carbocycles. The Labute approximate surface area is 120 Å². The first-order chi connectivity index (χ1) is 9.47. The predicted octanol–water partition coefficient (Wildman–Crippen LogP) is 1.72. The standard InChI is InChI=1S/C15H24N4O/c1-10(2)17-14-13(6-5-7-16-14)15(20)19-8-11(3)18-12(4)9-19/h5-7,10-12,18H,8-9H2,1-4H3,(H,16,17)/t11-,12-/m1/s1. The first kappa shape index (κ1) is 14.8. The molecule has 2 rings (SSSR count). The van der Waals surface area contributed by atoms with Crippen LogP contribution in [-0.4, -0.2) is 47.0 Å². The number of nitrogens with one attached hydrogen (secondary N) is 2. The summed E-state index contributed by atoms with van der Waals surface area (Å²) < 4.78 is 0. The topological polar surface area (TPSA) is 57.3 Å². The van der Waals surface area contributed by atoms with Crippen molar-refractivity contribution in [2.24, 2.45) is 0 Å². The molecule has 20 heavy (non-hydrogen) atoms. The molecule has 0 radical (unpaired) electrons. The highest BCUT2D eigenvalue weighted by molar-refractivity contribution is 5.98. The number of carbonyl (C=O) groups is 1. The molecule has 1 aliphatic heterocycles. The van der Waals surface area contributed by atoms with Crippen molar-refractivity contribution in [1.82, 2.24) is 15.2 Å². The van der Waals surface area contributed by atoms with Crippen molar-refractivity contribution in [3.8, 4) is 0 Å². The predicted molar refractivity (Wildman–Crippen MR) is 81.0 cm³/mol. The fraction of sp³-hybridized carbons (Fsp3) is 0.600. The van der Waals surface area contributed by atoms with Crippen LogP contribution in [0.1, 0.15) is 38.1 Å². The van der Waals surface area contributed by atoms with Crippen LogP contribution in [0.25, 0.3) is 0 Å². The first-order valence-corrected chi connectivity index (χ1v) is 7.24. The van der Waals surface area contributed by atoms with E-state index in [1.807, 2.05) is 30.9 Å². The first-order valence-electron chi connectivity index (χ1n) is 7.24. The zero-order chi connectivity index (χ0) is 14.7. The number of piperazine rings is 1. The van der Waals surface area contributed by atoms with E-state index in [-0.39, 0.29) is 11.9 Å². The van der Waals surface area contributed by atoms with Gasteiger partial charge in [-0.25, -0.2) is 4.98 Å². The Morgan fingerprint density at radius 3 is 2.65 bits per heavy atom. The van der Waals surface area contributed by atoms with Crippen LogP contribution < -0.4 is 10.6 Å². The molecule has 2 atom stereocenters. The smallest absolute Gasteiger partial charge is 0.257 e. The lowest BCUT2D eigenvalue weighted by atomic mass is 10.1. The van der Waals surface area contributed by atoms with Crippen LogP contribution in [0, 0.1) is 0 Å². The second kappa shape index (κ2) is 6.22. The van der Waals surface area contributed by atoms with Gasteiger partial charge in [0, 0.05) is 37.4 Å². The molecule has 1 saturated heterocycles. The van der Waals surface area contributed by atoms with E-state index >= 15 is 0 Å². The van der Waals surface area contributed by atoms with Crippen molar-refractivity contribution in [2.75, 3.05) is 18.4 Å². The monoisotopic (exact) mass is 276 g/mol. The number of hydrogen-bond acceptors (Lipinski definition) is 4. The van der Waals surface area contributed by atoms with Crippen LogP contribution >= 0.6 is 0 Å². The van der Waals surface area contributed by atoms with Crippen molar-refractivity contribution in [3.05, 3.63) is 23.9 Å². The lowest BCUT2D eigenvalue weighted by Crippen LogP contribution is -2.55. The zero-order valence-corrected chi connectivity index (χ0v) is 12.7. The minimum atomic E-state index is 0.0569. The maximum Gasteiger partial charge on any atom is 0.257 e. The summed E-state index contributed by atoms with van der Waals surface area (Å²) in [4.78, 5) is 18.9. The molecule has 110 valence electrons. The Hall–Kier alpha value is -1.62. The van der Waals surface area contributed by atoms with Gasteiger partial charge < -0.3 is 15.5 Å². The molecule has 1 fully saturated rings. The number of hydrogen-bond donors (Lipinski definition) is 2. The number of aromatic nitrogens is 1. The molecule has 1 aromatic heterocycles. The molecule has 5 nitrogen and oxygen atoms in total. The van der Waals surface area contributed by atoms with Crippen molar-refractivity contribution < 1.29 is 4.79 Å². The van der Waals surface area contributed by atoms with Gasteiger partial charge in [-0.05, 0) is 39.8 Å². The molecule has 0 saturated carbocycles. The van der Waals surface area contributed by atoms with Gasteiger partial charge in [0.15, 0.2) is 0 Å². The fourth-order valence-corrected chi connectivity index (χ4v) is 2.63. The average molecular weight is 276 g/mol. The Bertz CT molecular complexity index is 465. The summed E-state index contributed by atoms with van der Waals surface area (Å²) in [6.45, 7) is 9.76. The number of rotatable bonds is 3. The van der Waals surface area contributed by atoms with E-state index in [2.05, 4.69) is 29.5 Å². The molecular weight excluding hydrogens is 252 g/mol. The van der Waals surface area contributed by atoms with Crippen LogP contribution in [0.3, 0.4) is 0 Å². The van der Waals surface area contributed by atoms with Crippen molar-refractivity contribution in [1.29, 1.82) is 0 Å². The average Bonchev–Trinajstić information content (AvgIpc) is 2.36. The Kier molecular flexibility index (Phi) is 4.60. The van der Waals surface area contributed by atoms with Crippen molar-refractivity contribution >= 4 is 11.7 Å². The minimum Gasteiger partial charge on any atom is -0.367 e. The van der Waals surface area contributed by atoms with Gasteiger partial charge in [-0.2, -0.15) is 0 Å². The van der Waals surface area contributed by atoms with Gasteiger partial charge in [0.25, 0.3) is 5.91 Å². The van der Waals surface area contributed by atoms with Gasteiger partial charge in [-0.15, -0.1) is 0 Å². The zero-order valence-electron chi connectivity index (χ0n) is 12.7. The lowest BCUT2D eigenvalue weighted by molar-refractivity contribution is 0.0674. The van der Waals surface area contributed by atoms with Gasteiger partial charge in [0.2, 0.25) is 0 Å². The van der Waals surface area contributed by atoms with Gasteiger partial charge in [-0.3, -0.25) is 4.79 Å². The molecule has 2 heterocycles. The fourth-order valence-electron chi connectivity index (χ4n) is 2.63. The number of anilines is 1. The minimum absolute atomic E-state index is 0.0569. The Morgan fingerprint density at radius 2 is 2.05 bits per heavy atom. The van der Waals surface area contributed by atoms with E-state index in [4.69, 9.17) is 0 Å². The van der Waals surface area contributed by atoms with E-state index in [1.165, 1.54) is 0 Å². The van der Waals surface area contributed by atoms with Crippen molar-refractivity contribution in [3.63, 3.8) is 0 Å². The SMILES string of the molecule is CC(C)Nc1ncccc1C(=O)N1C[C@@H](C)N[C@H](C)C1. The van der Waals surface area contributed by atoms with Gasteiger partial charge in [-0.1, -0.05) is 0 Å². The molecule has 1 aromatic rings. The summed E-state index contributed by atoms with van der Waals surface area (Å²) in [6, 6.07) is 4.55. The highest BCUT2D eigenvalue weighted by Crippen LogP contribution is 2.17. The molecule has 5 heteroatoms. The summed E-state index contributed by atoms with van der Waals surface area (Å²) in [6.07, 6.45) is 1.71. The summed E-state index contributed by atoms with van der Waals surface area (Å²) in [7, 11) is 0. The molecule has 1 amide bonds. The van der Waals surface area contributed by atoms with Gasteiger partial charge in [0.05, 0.1) is 5.56 Å². The van der Waals surface area contributed by atoms with E-state index < -0.39 is 0 Å². The van der Waals surface area contributed by atoms with Crippen LogP contribution in [0.15, 0.2) is 18.3 Å². The molecule has 0 spiro atoms. The van der Waals surface area contributed by atoms with E-state index in [1.54, 1.807) is 6.20 Å². The second-order valence-electron chi connectivity index (χ2n) is 5.88. The summed E-state index contributed by atoms with van der Waals surface area (Å²) >= 11 is 0. The van der Waals surface area contributed by atoms with E-state index in [0.717, 1.165) is 13.1 Å². The van der Waals surface area contributed by atoms with Crippen LogP contribution in [0.2, 0.25) is 0 Å². The molecule has 2 N–H and O–H groups in total. The Balaban J connectivity index is 2.20. The normalized spacial score (nSPS) is 22.9. The maximum atomic E-state index is 12.7. The highest BCUT2D eigenvalue weighted by atomic mass is 16.2. The van der Waals surface area contributed by atoms with E-state index in [9.17, 15) is 4.79 Å². The van der Waals surface area contributed by atoms with Gasteiger partial charge >= 0.3 is 0 Å². The third-order valence-corrected chi connectivity index (χ3v) is 3.31. The maximum absolute atomic E-state index is 12.7. The quantitative estimate of drug-likeness (QED) is 0.882. The van der Waals surface area contributed by atoms with Crippen LogP contribution in [0.5, 0.6) is 0 Å². The van der Waals surface area contributed by atoms with Crippen LogP contribution in [-0.2, 0) is 0 Å².